The van der Waals surface area contributed by atoms with Gasteiger partial charge in [-0.05, 0) is 42.3 Å². The third-order valence-corrected chi connectivity index (χ3v) is 3.81. The first-order valence-electron chi connectivity index (χ1n) is 7.60. The largest absolute Gasteiger partial charge is 0.497 e. The van der Waals surface area contributed by atoms with Gasteiger partial charge in [0.05, 0.1) is 19.6 Å². The molecule has 0 saturated heterocycles. The van der Waals surface area contributed by atoms with E-state index in [0.29, 0.717) is 28.2 Å². The van der Waals surface area contributed by atoms with Crippen LogP contribution in [0.1, 0.15) is 12.5 Å². The molecule has 3 rings (SSSR count). The molecule has 0 spiro atoms. The number of fused-ring (bicyclic) bond motifs is 1. The van der Waals surface area contributed by atoms with E-state index in [1.54, 1.807) is 50.6 Å². The molecule has 1 aromatic heterocycles. The van der Waals surface area contributed by atoms with Crippen molar-refractivity contribution in [2.45, 2.75) is 13.3 Å². The zero-order valence-electron chi connectivity index (χ0n) is 13.8. The molecule has 0 aliphatic carbocycles. The first kappa shape index (κ1) is 15.9. The summed E-state index contributed by atoms with van der Waals surface area (Å²) in [7, 11) is 3.19. The van der Waals surface area contributed by atoms with Crippen LogP contribution in [0.15, 0.2) is 51.9 Å². The third-order valence-electron chi connectivity index (χ3n) is 3.81. The number of hydrogen-bond donors (Lipinski definition) is 0. The number of methoxy groups -OCH3 is 2. The van der Waals surface area contributed by atoms with Gasteiger partial charge in [-0.25, -0.2) is 0 Å². The van der Waals surface area contributed by atoms with Gasteiger partial charge < -0.3 is 18.6 Å². The van der Waals surface area contributed by atoms with Gasteiger partial charge in [0, 0.05) is 6.07 Å². The SMILES string of the molecule is CCc1cc2c(=O)c(Oc3ccc(OC)cc3)coc2cc1OC. The van der Waals surface area contributed by atoms with Crippen molar-refractivity contribution in [2.75, 3.05) is 14.2 Å². The molecule has 5 heteroatoms. The van der Waals surface area contributed by atoms with E-state index in [9.17, 15) is 4.79 Å². The predicted octanol–water partition coefficient (Wildman–Crippen LogP) is 4.16. The van der Waals surface area contributed by atoms with E-state index in [1.807, 2.05) is 6.92 Å². The second-order valence-corrected chi connectivity index (χ2v) is 5.22. The molecule has 24 heavy (non-hydrogen) atoms. The Bertz CT molecular complexity index is 909. The summed E-state index contributed by atoms with van der Waals surface area (Å²) in [5.74, 6) is 2.09. The van der Waals surface area contributed by atoms with Crippen molar-refractivity contribution in [1.29, 1.82) is 0 Å². The van der Waals surface area contributed by atoms with Gasteiger partial charge in [-0.1, -0.05) is 6.92 Å². The van der Waals surface area contributed by atoms with Gasteiger partial charge in [0.15, 0.2) is 0 Å². The molecular weight excluding hydrogens is 308 g/mol. The minimum Gasteiger partial charge on any atom is -0.497 e. The van der Waals surface area contributed by atoms with E-state index in [4.69, 9.17) is 18.6 Å². The molecule has 0 fully saturated rings. The minimum atomic E-state index is -0.218. The highest BCUT2D eigenvalue weighted by Crippen LogP contribution is 2.28. The fourth-order valence-corrected chi connectivity index (χ4v) is 2.49. The second kappa shape index (κ2) is 6.66. The summed E-state index contributed by atoms with van der Waals surface area (Å²) >= 11 is 0. The summed E-state index contributed by atoms with van der Waals surface area (Å²) < 4.78 is 21.6. The Labute approximate surface area is 139 Å². The van der Waals surface area contributed by atoms with E-state index in [0.717, 1.165) is 12.0 Å². The van der Waals surface area contributed by atoms with E-state index in [-0.39, 0.29) is 11.2 Å². The number of aryl methyl sites for hydroxylation is 1. The van der Waals surface area contributed by atoms with Crippen molar-refractivity contribution in [1.82, 2.24) is 0 Å². The molecule has 0 saturated carbocycles. The van der Waals surface area contributed by atoms with Gasteiger partial charge in [0.25, 0.3) is 0 Å². The lowest BCUT2D eigenvalue weighted by atomic mass is 10.1. The molecule has 124 valence electrons. The van der Waals surface area contributed by atoms with Gasteiger partial charge >= 0.3 is 0 Å². The molecule has 5 nitrogen and oxygen atoms in total. The molecule has 3 aromatic rings. The van der Waals surface area contributed by atoms with Crippen molar-refractivity contribution >= 4 is 11.0 Å². The molecular formula is C19H18O5. The van der Waals surface area contributed by atoms with Crippen LogP contribution in [0, 0.1) is 0 Å². The standard InChI is InChI=1S/C19H18O5/c1-4-12-9-15-17(10-16(12)22-3)23-11-18(19(15)20)24-14-7-5-13(21-2)6-8-14/h5-11H,4H2,1-3H3. The van der Waals surface area contributed by atoms with Crippen LogP contribution in [0.2, 0.25) is 0 Å². The lowest BCUT2D eigenvalue weighted by Crippen LogP contribution is -2.06. The monoisotopic (exact) mass is 326 g/mol. The highest BCUT2D eigenvalue weighted by molar-refractivity contribution is 5.80. The van der Waals surface area contributed by atoms with E-state index in [1.165, 1.54) is 6.26 Å². The summed E-state index contributed by atoms with van der Waals surface area (Å²) in [6.45, 7) is 2.00. The molecule has 0 unspecified atom stereocenters. The summed E-state index contributed by atoms with van der Waals surface area (Å²) in [5.41, 5.74) is 1.19. The highest BCUT2D eigenvalue weighted by atomic mass is 16.5. The van der Waals surface area contributed by atoms with E-state index >= 15 is 0 Å². The smallest absolute Gasteiger partial charge is 0.235 e. The van der Waals surface area contributed by atoms with Gasteiger partial charge in [0.2, 0.25) is 11.2 Å². The number of hydrogen-bond acceptors (Lipinski definition) is 5. The van der Waals surface area contributed by atoms with Crippen molar-refractivity contribution in [3.63, 3.8) is 0 Å². The summed E-state index contributed by atoms with van der Waals surface area (Å²) in [4.78, 5) is 12.7. The van der Waals surface area contributed by atoms with Gasteiger partial charge in [0.1, 0.15) is 29.1 Å². The summed E-state index contributed by atoms with van der Waals surface area (Å²) in [6, 6.07) is 10.5. The maximum absolute atomic E-state index is 12.7. The van der Waals surface area contributed by atoms with Crippen LogP contribution in [0.3, 0.4) is 0 Å². The fourth-order valence-electron chi connectivity index (χ4n) is 2.49. The van der Waals surface area contributed by atoms with Crippen molar-refractivity contribution < 1.29 is 18.6 Å². The lowest BCUT2D eigenvalue weighted by Gasteiger charge is -2.09. The molecule has 0 N–H and O–H groups in total. The van der Waals surface area contributed by atoms with Crippen LogP contribution in [0.5, 0.6) is 23.0 Å². The summed E-state index contributed by atoms with van der Waals surface area (Å²) in [5, 5.41) is 0.471. The van der Waals surface area contributed by atoms with Crippen LogP contribution in [0.4, 0.5) is 0 Å². The Morgan fingerprint density at radius 2 is 1.67 bits per heavy atom. The normalized spacial score (nSPS) is 10.6. The van der Waals surface area contributed by atoms with Crippen molar-refractivity contribution in [3.8, 4) is 23.0 Å². The Kier molecular flexibility index (Phi) is 4.42. The Balaban J connectivity index is 2.02. The molecule has 0 radical (unpaired) electrons. The average Bonchev–Trinajstić information content (AvgIpc) is 2.63. The van der Waals surface area contributed by atoms with Gasteiger partial charge in [-0.2, -0.15) is 0 Å². The van der Waals surface area contributed by atoms with Crippen molar-refractivity contribution in [2.24, 2.45) is 0 Å². The summed E-state index contributed by atoms with van der Waals surface area (Å²) in [6.07, 6.45) is 2.07. The topological polar surface area (TPSA) is 57.9 Å². The predicted molar refractivity (Wildman–Crippen MR) is 91.5 cm³/mol. The first-order chi connectivity index (χ1) is 11.7. The maximum atomic E-state index is 12.7. The average molecular weight is 326 g/mol. The Morgan fingerprint density at radius 3 is 2.29 bits per heavy atom. The van der Waals surface area contributed by atoms with Crippen LogP contribution in [0.25, 0.3) is 11.0 Å². The van der Waals surface area contributed by atoms with E-state index in [2.05, 4.69) is 0 Å². The molecule has 0 amide bonds. The second-order valence-electron chi connectivity index (χ2n) is 5.22. The van der Waals surface area contributed by atoms with Gasteiger partial charge in [-0.15, -0.1) is 0 Å². The highest BCUT2D eigenvalue weighted by Gasteiger charge is 2.13. The molecule has 0 aliphatic rings. The third kappa shape index (κ3) is 2.93. The fraction of sp³-hybridized carbons (Fsp3) is 0.211. The number of rotatable bonds is 5. The van der Waals surface area contributed by atoms with Crippen LogP contribution in [-0.2, 0) is 6.42 Å². The van der Waals surface area contributed by atoms with Crippen molar-refractivity contribution in [3.05, 3.63) is 58.4 Å². The molecule has 0 aliphatic heterocycles. The molecule has 0 bridgehead atoms. The quantitative estimate of drug-likeness (QED) is 0.704. The van der Waals surface area contributed by atoms with E-state index < -0.39 is 0 Å². The zero-order chi connectivity index (χ0) is 17.1. The molecule has 0 atom stereocenters. The minimum absolute atomic E-state index is 0.139. The molecule has 2 aromatic carbocycles. The number of benzene rings is 2. The Hall–Kier alpha value is -2.95. The number of ether oxygens (including phenoxy) is 3. The zero-order valence-corrected chi connectivity index (χ0v) is 13.8. The Morgan fingerprint density at radius 1 is 0.958 bits per heavy atom. The first-order valence-corrected chi connectivity index (χ1v) is 7.60. The van der Waals surface area contributed by atoms with Crippen LogP contribution < -0.4 is 19.6 Å². The van der Waals surface area contributed by atoms with Crippen LogP contribution in [-0.4, -0.2) is 14.2 Å². The molecule has 1 heterocycles. The van der Waals surface area contributed by atoms with Gasteiger partial charge in [-0.3, -0.25) is 4.79 Å². The lowest BCUT2D eigenvalue weighted by molar-refractivity contribution is 0.408. The maximum Gasteiger partial charge on any atom is 0.235 e. The van der Waals surface area contributed by atoms with Crippen LogP contribution >= 0.6 is 0 Å².